The summed E-state index contributed by atoms with van der Waals surface area (Å²) in [5.74, 6) is -9.49. The fourth-order valence-corrected chi connectivity index (χ4v) is 13.3. The third-order valence-electron chi connectivity index (χ3n) is 19.1. The third kappa shape index (κ3) is 27.2. The molecule has 112 heavy (non-hydrogen) atoms. The molecule has 0 saturated carbocycles. The first-order valence-corrected chi connectivity index (χ1v) is 37.7. The quantitative estimate of drug-likeness (QED) is 0.0148. The number of ether oxygens (including phenoxy) is 1. The van der Waals surface area contributed by atoms with Gasteiger partial charge in [0.05, 0.1) is 19.8 Å². The molecule has 0 unspecified atom stereocenters. The molecule has 32 heteroatoms. The largest absolute Gasteiger partial charge is 0.394 e. The highest BCUT2D eigenvalue weighted by atomic mass is 35.5. The Morgan fingerprint density at radius 1 is 0.518 bits per heavy atom. The molecule has 2 saturated heterocycles. The van der Waals surface area contributed by atoms with Gasteiger partial charge in [0.2, 0.25) is 65.0 Å². The molecule has 13 amide bonds. The molecule has 8 rings (SSSR count). The number of primary amides is 2. The van der Waals surface area contributed by atoms with E-state index in [1.165, 1.54) is 43.0 Å². The van der Waals surface area contributed by atoms with Gasteiger partial charge in [0.1, 0.15) is 60.4 Å². The number of hydrogen-bond donors (Lipinski definition) is 16. The van der Waals surface area contributed by atoms with E-state index in [2.05, 4.69) is 63.4 Å². The Kier molecular flexibility index (Phi) is 32.7. The van der Waals surface area contributed by atoms with E-state index in [9.17, 15) is 53.1 Å². The van der Waals surface area contributed by atoms with E-state index in [4.69, 9.17) is 38.9 Å². The van der Waals surface area contributed by atoms with Crippen molar-refractivity contribution in [2.45, 2.75) is 159 Å². The highest BCUT2D eigenvalue weighted by Crippen LogP contribution is 2.23. The summed E-state index contributed by atoms with van der Waals surface area (Å²) in [4.78, 5) is 173. The zero-order chi connectivity index (χ0) is 81.0. The Labute approximate surface area is 655 Å². The fraction of sp³-hybridized carbons (Fsp3) is 0.412. The molecular weight excluding hydrogens is 1460 g/mol. The van der Waals surface area contributed by atoms with Crippen LogP contribution >= 0.6 is 11.6 Å². The van der Waals surface area contributed by atoms with Gasteiger partial charge in [-0.1, -0.05) is 147 Å². The maximum Gasteiger partial charge on any atom is 0.316 e. The van der Waals surface area contributed by atoms with Crippen LogP contribution in [-0.2, 0) is 96.1 Å². The van der Waals surface area contributed by atoms with Gasteiger partial charge >= 0.3 is 6.03 Å². The van der Waals surface area contributed by atoms with Crippen molar-refractivity contribution in [2.24, 2.45) is 23.1 Å². The van der Waals surface area contributed by atoms with Crippen molar-refractivity contribution in [3.63, 3.8) is 0 Å². The second kappa shape index (κ2) is 42.6. The number of rotatable bonds is 39. The number of fused-ring (bicyclic) bond motifs is 1. The third-order valence-corrected chi connectivity index (χ3v) is 19.4. The molecular formula is C80H102ClN17O14. The minimum atomic E-state index is -1.84. The Bertz CT molecular complexity index is 4270. The first-order valence-electron chi connectivity index (χ1n) is 37.4. The smallest absolute Gasteiger partial charge is 0.316 e. The molecule has 6 aromatic carbocycles. The van der Waals surface area contributed by atoms with Crippen molar-refractivity contribution in [1.82, 2.24) is 63.0 Å². The van der Waals surface area contributed by atoms with Crippen molar-refractivity contribution in [3.8, 4) is 0 Å². The summed E-state index contributed by atoms with van der Waals surface area (Å²) in [5, 5.41) is 50.7. The van der Waals surface area contributed by atoms with Gasteiger partial charge in [-0.2, -0.15) is 0 Å². The normalized spacial score (nSPS) is 15.9. The molecule has 6 aromatic rings. The summed E-state index contributed by atoms with van der Waals surface area (Å²) in [6.45, 7) is 8.58. The van der Waals surface area contributed by atoms with Crippen LogP contribution in [0.15, 0.2) is 146 Å². The van der Waals surface area contributed by atoms with Crippen LogP contribution in [0.1, 0.15) is 93.2 Å². The lowest BCUT2D eigenvalue weighted by Crippen LogP contribution is -2.62. The number of guanidine groups is 1. The minimum absolute atomic E-state index is 0.00129. The molecule has 0 bridgehead atoms. The van der Waals surface area contributed by atoms with Gasteiger partial charge in [0.15, 0.2) is 5.96 Å². The molecule has 2 fully saturated rings. The number of aliphatic hydroxyl groups excluding tert-OH is 1. The number of aliphatic hydroxyl groups is 1. The maximum atomic E-state index is 15.4. The molecule has 0 aromatic heterocycles. The monoisotopic (exact) mass is 1560 g/mol. The predicted octanol–water partition coefficient (Wildman–Crippen LogP) is 1.51. The van der Waals surface area contributed by atoms with Crippen LogP contribution in [0.4, 0.5) is 10.5 Å². The second-order valence-corrected chi connectivity index (χ2v) is 28.9. The van der Waals surface area contributed by atoms with Crippen molar-refractivity contribution < 1.29 is 67.4 Å². The molecule has 31 nitrogen and oxygen atoms in total. The molecule has 0 radical (unpaired) electrons. The molecule has 19 N–H and O–H groups in total. The fourth-order valence-electron chi connectivity index (χ4n) is 13.2. The number of hydrogen-bond acceptors (Lipinski definition) is 16. The first-order chi connectivity index (χ1) is 53.6. The van der Waals surface area contributed by atoms with E-state index in [1.54, 1.807) is 80.6 Å². The Morgan fingerprint density at radius 2 is 0.964 bits per heavy atom. The first kappa shape index (κ1) is 86.1. The van der Waals surface area contributed by atoms with E-state index in [1.807, 2.05) is 54.6 Å². The predicted molar refractivity (Wildman–Crippen MR) is 421 cm³/mol. The lowest BCUT2D eigenvalue weighted by Gasteiger charge is -2.31. The molecule has 10 atom stereocenters. The van der Waals surface area contributed by atoms with Gasteiger partial charge in [-0.05, 0) is 113 Å². The standard InChI is InChI=1S/C80H102ClN17O14/c1-47(2)38-61(70(102)90-60(16-10-32-86-79(83)84)78(110)98-33-11-17-68(98)77(109)87-48(3)69(82)101)91-72(104)64(41-51-18-20-54(21-19-51)45-97-34-36-112-37-35-97)94-74(106)66(43-53-25-30-59(31-26-53)89-80(85)111)95-76(108)67(46-99)96-75(107)63(40-50-12-6-5-7-13-50)93-73(105)65(42-52-23-28-58(81)29-24-52)92-71(103)62(88-49(4)100)44-55-22-27-56-14-8-9-15-57(56)39-55/h5-9,12-15,18-31,39,47-48,60-68,99H,10-11,16-17,32-38,40-46H2,1-4H3,(H2,82,101)(H,87,109)(H,88,100)(H,90,102)(H,91,104)(H,92,103)(H,93,105)(H,94,106)(H,95,108)(H,96,107)(H4,83,84,86)(H3,85,89,111)/t48-,60+,61+,62-,63-,64-,65-,66+,67+,68+/m1/s1. The highest BCUT2D eigenvalue weighted by molar-refractivity contribution is 6.30. The molecule has 2 aliphatic heterocycles. The number of halogens is 1. The Morgan fingerprint density at radius 3 is 1.48 bits per heavy atom. The van der Waals surface area contributed by atoms with Gasteiger partial charge in [-0.3, -0.25) is 63.0 Å². The zero-order valence-corrected chi connectivity index (χ0v) is 63.9. The highest BCUT2D eigenvalue weighted by Gasteiger charge is 2.41. The second-order valence-electron chi connectivity index (χ2n) is 28.5. The van der Waals surface area contributed by atoms with Crippen molar-refractivity contribution in [1.29, 1.82) is 5.41 Å². The number of nitrogens with zero attached hydrogens (tertiary/aromatic N) is 2. The van der Waals surface area contributed by atoms with Crippen LogP contribution in [0.2, 0.25) is 5.02 Å². The number of likely N-dealkylation sites (tertiary alicyclic amines) is 1. The maximum absolute atomic E-state index is 15.4. The molecule has 0 spiro atoms. The van der Waals surface area contributed by atoms with Crippen molar-refractivity contribution >= 4 is 105 Å². The summed E-state index contributed by atoms with van der Waals surface area (Å²) in [7, 11) is 0. The van der Waals surface area contributed by atoms with E-state index in [0.29, 0.717) is 72.1 Å². The van der Waals surface area contributed by atoms with Crippen LogP contribution in [0.5, 0.6) is 0 Å². The molecule has 0 aliphatic carbocycles. The summed E-state index contributed by atoms with van der Waals surface area (Å²) in [6.07, 6.45) is -0.0108. The average Bonchev–Trinajstić information content (AvgIpc) is 1.56. The number of anilines is 1. The van der Waals surface area contributed by atoms with E-state index >= 15 is 9.59 Å². The van der Waals surface area contributed by atoms with Gasteiger partial charge in [0.25, 0.3) is 0 Å². The summed E-state index contributed by atoms with van der Waals surface area (Å²) < 4.78 is 5.55. The number of amides is 13. The zero-order valence-electron chi connectivity index (χ0n) is 63.2. The van der Waals surface area contributed by atoms with E-state index in [-0.39, 0.29) is 88.4 Å². The summed E-state index contributed by atoms with van der Waals surface area (Å²) >= 11 is 6.27. The van der Waals surface area contributed by atoms with Crippen molar-refractivity contribution in [2.75, 3.05) is 51.3 Å². The molecule has 2 aliphatic rings. The number of carbonyl (C=O) groups is 12. The van der Waals surface area contributed by atoms with Crippen LogP contribution in [0.25, 0.3) is 10.8 Å². The van der Waals surface area contributed by atoms with Gasteiger partial charge < -0.3 is 90.4 Å². The number of morpholine rings is 1. The Hall–Kier alpha value is -11.5. The van der Waals surface area contributed by atoms with Gasteiger partial charge in [-0.15, -0.1) is 0 Å². The summed E-state index contributed by atoms with van der Waals surface area (Å²) in [6, 6.07) is 26.9. The lowest BCUT2D eigenvalue weighted by atomic mass is 9.99. The topological polar surface area (TPSA) is 475 Å². The van der Waals surface area contributed by atoms with Crippen LogP contribution in [0.3, 0.4) is 0 Å². The molecule has 598 valence electrons. The SMILES string of the molecule is CC(=O)N[C@H](Cc1ccc2ccccc2c1)C(=O)N[C@H](Cc1ccc(Cl)cc1)C(=O)N[C@H](Cc1ccccc1)C(=O)N[C@@H](CO)C(=O)N[C@@H](Cc1ccc(NC(N)=O)cc1)C(=O)N[C@H](Cc1ccc(CN2CCOCC2)cc1)C(=O)N[C@@H](CC(C)C)C(=O)N[C@@H](CCCNC(=N)N)C(=O)N1CCC[C@H]1C(=O)N[C@H](C)C(N)=O. The summed E-state index contributed by atoms with van der Waals surface area (Å²) in [5.41, 5.74) is 20.4. The van der Waals surface area contributed by atoms with E-state index < -0.39 is 138 Å². The van der Waals surface area contributed by atoms with Gasteiger partial charge in [0, 0.05) is 82.5 Å². The van der Waals surface area contributed by atoms with Crippen LogP contribution in [0, 0.1) is 11.3 Å². The van der Waals surface area contributed by atoms with E-state index in [0.717, 1.165) is 16.3 Å². The number of urea groups is 1. The number of benzene rings is 6. The number of carbonyl (C=O) groups excluding carboxylic acids is 12. The van der Waals surface area contributed by atoms with Gasteiger partial charge in [-0.25, -0.2) is 4.79 Å². The van der Waals surface area contributed by atoms with Crippen LogP contribution < -0.4 is 75.7 Å². The Balaban J connectivity index is 1.08. The molecule has 2 heterocycles. The number of nitrogens with two attached hydrogens (primary N) is 3. The number of nitrogens with one attached hydrogen (secondary N) is 12. The lowest BCUT2D eigenvalue weighted by molar-refractivity contribution is -0.142. The average molecular weight is 1560 g/mol. The minimum Gasteiger partial charge on any atom is -0.394 e. The van der Waals surface area contributed by atoms with Crippen LogP contribution in [-0.4, -0.2) is 198 Å². The van der Waals surface area contributed by atoms with Crippen molar-refractivity contribution in [3.05, 3.63) is 184 Å².